The van der Waals surface area contributed by atoms with Crippen LogP contribution < -0.4 is 19.1 Å². The topological polar surface area (TPSA) is 148 Å². The molecule has 0 atom stereocenters. The third kappa shape index (κ3) is 7.42. The van der Waals surface area contributed by atoms with E-state index in [1.807, 2.05) is 13.8 Å². The minimum Gasteiger partial charge on any atom is -0.494 e. The number of benzene rings is 3. The van der Waals surface area contributed by atoms with Crippen LogP contribution in [0.4, 0.5) is 17.3 Å². The van der Waals surface area contributed by atoms with Crippen LogP contribution in [-0.2, 0) is 24.8 Å². The molecule has 11 nitrogen and oxygen atoms in total. The number of ether oxygens (including phenoxy) is 1. The Labute approximate surface area is 245 Å². The van der Waals surface area contributed by atoms with Crippen molar-refractivity contribution in [2.24, 2.45) is 0 Å². The highest BCUT2D eigenvalue weighted by atomic mass is 32.2. The largest absolute Gasteiger partial charge is 0.494 e. The van der Waals surface area contributed by atoms with Crippen LogP contribution in [0.5, 0.6) is 5.75 Å². The van der Waals surface area contributed by atoms with E-state index in [1.165, 1.54) is 36.4 Å². The number of rotatable bonds is 11. The molecule has 0 saturated heterocycles. The van der Waals surface area contributed by atoms with Crippen molar-refractivity contribution in [3.63, 3.8) is 0 Å². The van der Waals surface area contributed by atoms with Crippen LogP contribution in [-0.4, -0.2) is 45.9 Å². The highest BCUT2D eigenvalue weighted by molar-refractivity contribution is 7.93. The van der Waals surface area contributed by atoms with E-state index in [1.54, 1.807) is 56.3 Å². The van der Waals surface area contributed by atoms with Gasteiger partial charge in [0.25, 0.3) is 20.0 Å². The molecular weight excluding hydrogens is 578 g/mol. The number of nitrogens with one attached hydrogen (secondary N) is 2. The molecule has 0 bridgehead atoms. The van der Waals surface area contributed by atoms with E-state index in [0.29, 0.717) is 29.4 Å². The monoisotopic (exact) mass is 609 g/mol. The molecule has 0 aliphatic carbocycles. The molecule has 1 heterocycles. The van der Waals surface area contributed by atoms with E-state index < -0.39 is 32.5 Å². The number of anilines is 3. The van der Waals surface area contributed by atoms with E-state index in [4.69, 9.17) is 4.74 Å². The summed E-state index contributed by atoms with van der Waals surface area (Å²) >= 11 is 0. The lowest BCUT2D eigenvalue weighted by Gasteiger charge is -2.24. The third-order valence-corrected chi connectivity index (χ3v) is 9.12. The van der Waals surface area contributed by atoms with Gasteiger partial charge < -0.3 is 10.1 Å². The van der Waals surface area contributed by atoms with Gasteiger partial charge in [-0.3, -0.25) is 9.10 Å². The van der Waals surface area contributed by atoms with Crippen LogP contribution in [0.25, 0.3) is 0 Å². The number of amides is 1. The van der Waals surface area contributed by atoms with E-state index in [-0.39, 0.29) is 21.4 Å². The van der Waals surface area contributed by atoms with Crippen LogP contribution in [0.3, 0.4) is 0 Å². The number of aryl methyl sites for hydroxylation is 3. The first-order chi connectivity index (χ1) is 19.9. The van der Waals surface area contributed by atoms with Crippen LogP contribution >= 0.6 is 0 Å². The van der Waals surface area contributed by atoms with Gasteiger partial charge in [-0.25, -0.2) is 31.5 Å². The van der Waals surface area contributed by atoms with Crippen LogP contribution in [0.1, 0.15) is 23.9 Å². The second kappa shape index (κ2) is 12.6. The molecule has 0 fully saturated rings. The summed E-state index contributed by atoms with van der Waals surface area (Å²) in [6.07, 6.45) is 0. The molecule has 0 aliphatic rings. The lowest BCUT2D eigenvalue weighted by molar-refractivity contribution is -0.114. The molecule has 4 rings (SSSR count). The lowest BCUT2D eigenvalue weighted by atomic mass is 10.2. The lowest BCUT2D eigenvalue weighted by Crippen LogP contribution is -2.38. The van der Waals surface area contributed by atoms with Crippen molar-refractivity contribution in [1.82, 2.24) is 9.97 Å². The minimum absolute atomic E-state index is 0.00540. The Morgan fingerprint density at radius 3 is 1.95 bits per heavy atom. The molecule has 0 aliphatic heterocycles. The van der Waals surface area contributed by atoms with E-state index in [0.717, 1.165) is 9.87 Å². The fraction of sp³-hybridized carbons (Fsp3) is 0.207. The molecule has 0 saturated carbocycles. The van der Waals surface area contributed by atoms with Gasteiger partial charge in [0, 0.05) is 17.1 Å². The normalized spacial score (nSPS) is 11.5. The third-order valence-electron chi connectivity index (χ3n) is 5.99. The van der Waals surface area contributed by atoms with Crippen molar-refractivity contribution < 1.29 is 26.4 Å². The van der Waals surface area contributed by atoms with Gasteiger partial charge in [0.2, 0.25) is 11.9 Å². The van der Waals surface area contributed by atoms with Crippen molar-refractivity contribution in [3.8, 4) is 5.75 Å². The summed E-state index contributed by atoms with van der Waals surface area (Å²) < 4.78 is 61.7. The Kier molecular flexibility index (Phi) is 9.12. The van der Waals surface area contributed by atoms with Gasteiger partial charge in [-0.2, -0.15) is 0 Å². The van der Waals surface area contributed by atoms with Crippen molar-refractivity contribution >= 4 is 43.3 Å². The minimum atomic E-state index is -4.13. The van der Waals surface area contributed by atoms with Gasteiger partial charge >= 0.3 is 0 Å². The molecular formula is C29H31N5O6S2. The molecule has 1 aromatic heterocycles. The van der Waals surface area contributed by atoms with Crippen LogP contribution in [0.2, 0.25) is 0 Å². The quantitative estimate of drug-likeness (QED) is 0.254. The number of carbonyl (C=O) groups is 1. The fourth-order valence-corrected chi connectivity index (χ4v) is 6.39. The average molecular weight is 610 g/mol. The summed E-state index contributed by atoms with van der Waals surface area (Å²) in [4.78, 5) is 21.2. The van der Waals surface area contributed by atoms with Crippen molar-refractivity contribution in [1.29, 1.82) is 0 Å². The molecule has 0 radical (unpaired) electrons. The zero-order chi connectivity index (χ0) is 30.5. The summed E-state index contributed by atoms with van der Waals surface area (Å²) in [5.74, 6) is -0.143. The van der Waals surface area contributed by atoms with E-state index in [9.17, 15) is 21.6 Å². The van der Waals surface area contributed by atoms with Gasteiger partial charge in [0.05, 0.1) is 22.1 Å². The second-order valence-corrected chi connectivity index (χ2v) is 12.9. The molecule has 3 aromatic carbocycles. The van der Waals surface area contributed by atoms with Gasteiger partial charge in [-0.1, -0.05) is 17.7 Å². The standard InChI is InChI=1S/C29H31N5O6S2/c1-5-40-25-12-16-27(17-13-25)42(38,39)34(24-10-6-20(2)7-11-24)19-28(35)32-23-8-14-26(15-9-23)41(36,37)33-29-30-21(3)18-22(4)31-29/h6-18H,5,19H2,1-4H3,(H,32,35)(H,30,31,33). The molecule has 4 aromatic rings. The molecule has 1 amide bonds. The number of hydrogen-bond donors (Lipinski definition) is 2. The van der Waals surface area contributed by atoms with Crippen molar-refractivity contribution in [2.45, 2.75) is 37.5 Å². The fourth-order valence-electron chi connectivity index (χ4n) is 4.03. The Balaban J connectivity index is 1.52. The molecule has 220 valence electrons. The number of sulfonamides is 2. The Morgan fingerprint density at radius 2 is 1.38 bits per heavy atom. The van der Waals surface area contributed by atoms with Gasteiger partial charge in [-0.05, 0) is 94.4 Å². The first-order valence-corrected chi connectivity index (χ1v) is 15.9. The predicted molar refractivity (Wildman–Crippen MR) is 161 cm³/mol. The first-order valence-electron chi connectivity index (χ1n) is 12.9. The summed E-state index contributed by atoms with van der Waals surface area (Å²) in [6, 6.07) is 19.9. The number of aromatic nitrogens is 2. The van der Waals surface area contributed by atoms with Crippen molar-refractivity contribution in [2.75, 3.05) is 27.5 Å². The van der Waals surface area contributed by atoms with Gasteiger partial charge in [0.1, 0.15) is 12.3 Å². The highest BCUT2D eigenvalue weighted by Gasteiger charge is 2.27. The van der Waals surface area contributed by atoms with Crippen molar-refractivity contribution in [3.05, 3.63) is 95.8 Å². The zero-order valence-electron chi connectivity index (χ0n) is 23.5. The van der Waals surface area contributed by atoms with Gasteiger partial charge in [-0.15, -0.1) is 0 Å². The molecule has 42 heavy (non-hydrogen) atoms. The van der Waals surface area contributed by atoms with E-state index >= 15 is 0 Å². The summed E-state index contributed by atoms with van der Waals surface area (Å²) in [6.45, 7) is 7.07. The molecule has 0 unspecified atom stereocenters. The smallest absolute Gasteiger partial charge is 0.264 e. The SMILES string of the molecule is CCOc1ccc(S(=O)(=O)N(CC(=O)Nc2ccc(S(=O)(=O)Nc3nc(C)cc(C)n3)cc2)c2ccc(C)cc2)cc1. The maximum absolute atomic E-state index is 13.6. The Hall–Kier alpha value is -4.49. The molecule has 2 N–H and O–H groups in total. The van der Waals surface area contributed by atoms with Gasteiger partial charge in [0.15, 0.2) is 0 Å². The number of hydrogen-bond acceptors (Lipinski definition) is 8. The molecule has 0 spiro atoms. The maximum Gasteiger partial charge on any atom is 0.264 e. The summed E-state index contributed by atoms with van der Waals surface area (Å²) in [5, 5.41) is 2.64. The average Bonchev–Trinajstić information content (AvgIpc) is 2.92. The van der Waals surface area contributed by atoms with Crippen LogP contribution in [0.15, 0.2) is 88.7 Å². The molecule has 13 heteroatoms. The Bertz CT molecular complexity index is 1760. The summed E-state index contributed by atoms with van der Waals surface area (Å²) in [5.41, 5.74) is 2.75. The maximum atomic E-state index is 13.6. The predicted octanol–water partition coefficient (Wildman–Crippen LogP) is 4.44. The summed E-state index contributed by atoms with van der Waals surface area (Å²) in [7, 11) is -8.12. The zero-order valence-corrected chi connectivity index (χ0v) is 25.2. The van der Waals surface area contributed by atoms with E-state index in [2.05, 4.69) is 20.0 Å². The highest BCUT2D eigenvalue weighted by Crippen LogP contribution is 2.26. The first kappa shape index (κ1) is 30.5. The Morgan fingerprint density at radius 1 is 0.810 bits per heavy atom. The van der Waals surface area contributed by atoms with Crippen LogP contribution in [0, 0.1) is 20.8 Å². The second-order valence-electron chi connectivity index (χ2n) is 9.40. The number of nitrogens with zero attached hydrogens (tertiary/aromatic N) is 3. The number of carbonyl (C=O) groups excluding carboxylic acids is 1.